The van der Waals surface area contributed by atoms with Gasteiger partial charge in [-0.1, -0.05) is 25.1 Å². The second-order valence-electron chi connectivity index (χ2n) is 13.5. The molecule has 2 saturated heterocycles. The molecular formula is C38H38F4N2O4. The Kier molecular flexibility index (Phi) is 8.64. The van der Waals surface area contributed by atoms with Gasteiger partial charge in [0.1, 0.15) is 28.5 Å². The lowest BCUT2D eigenvalue weighted by Crippen LogP contribution is -2.45. The molecule has 0 amide bonds. The Balaban J connectivity index is 0.970. The molecule has 2 aliphatic heterocycles. The number of carbonyl (C=O) groups is 1. The minimum Gasteiger partial charge on any atom is -0.493 e. The normalized spacial score (nSPS) is 21.4. The number of benzene rings is 2. The molecule has 48 heavy (non-hydrogen) atoms. The SMILES string of the molecule is CCc1cc2nc(-c3ccc(CC(=O)C=CCc4cc(C5(C(F)(F)F)CC5)oc4C)c(F)c3)cnc2cc1OCCC1CC2CC(C1)O2. The van der Waals surface area contributed by atoms with E-state index >= 15 is 4.39 Å². The van der Waals surface area contributed by atoms with Gasteiger partial charge in [0, 0.05) is 18.1 Å². The number of rotatable bonds is 12. The number of ketones is 1. The third kappa shape index (κ3) is 6.51. The zero-order chi connectivity index (χ0) is 33.6. The first-order valence-corrected chi connectivity index (χ1v) is 16.7. The highest BCUT2D eigenvalue weighted by atomic mass is 19.4. The first kappa shape index (κ1) is 32.5. The summed E-state index contributed by atoms with van der Waals surface area (Å²) in [7, 11) is 0. The highest BCUT2D eigenvalue weighted by molar-refractivity contribution is 5.91. The van der Waals surface area contributed by atoms with Crippen molar-refractivity contribution in [3.8, 4) is 17.0 Å². The molecule has 0 spiro atoms. The quantitative estimate of drug-likeness (QED) is 0.112. The van der Waals surface area contributed by atoms with Crippen LogP contribution in [0.15, 0.2) is 59.2 Å². The Morgan fingerprint density at radius 3 is 2.50 bits per heavy atom. The molecule has 10 heteroatoms. The molecule has 0 radical (unpaired) electrons. The summed E-state index contributed by atoms with van der Waals surface area (Å²) in [6, 6.07) is 9.98. The predicted octanol–water partition coefficient (Wildman–Crippen LogP) is 8.74. The summed E-state index contributed by atoms with van der Waals surface area (Å²) in [6.45, 7) is 4.33. The fourth-order valence-electron chi connectivity index (χ4n) is 7.07. The molecular weight excluding hydrogens is 624 g/mol. The maximum absolute atomic E-state index is 15.2. The average molecular weight is 663 g/mol. The zero-order valence-electron chi connectivity index (χ0n) is 27.0. The molecule has 252 valence electrons. The highest BCUT2D eigenvalue weighted by Gasteiger charge is 2.66. The second kappa shape index (κ2) is 12.8. The third-order valence-electron chi connectivity index (χ3n) is 10.1. The Morgan fingerprint density at radius 1 is 1.04 bits per heavy atom. The number of fused-ring (bicyclic) bond motifs is 3. The molecule has 2 bridgehead atoms. The molecule has 4 aliphatic rings. The number of carbonyl (C=O) groups excluding carboxylic acids is 1. The van der Waals surface area contributed by atoms with Crippen molar-refractivity contribution in [3.63, 3.8) is 0 Å². The maximum atomic E-state index is 15.2. The van der Waals surface area contributed by atoms with E-state index in [0.29, 0.717) is 58.3 Å². The van der Waals surface area contributed by atoms with E-state index in [-0.39, 0.29) is 42.8 Å². The largest absolute Gasteiger partial charge is 0.493 e. The van der Waals surface area contributed by atoms with E-state index in [1.54, 1.807) is 31.3 Å². The van der Waals surface area contributed by atoms with Gasteiger partial charge in [-0.05, 0) is 105 Å². The summed E-state index contributed by atoms with van der Waals surface area (Å²) in [5.41, 5.74) is 2.42. The number of furan rings is 1. The summed E-state index contributed by atoms with van der Waals surface area (Å²) >= 11 is 0. The molecule has 2 aromatic heterocycles. The minimum atomic E-state index is -4.36. The number of hydrogen-bond acceptors (Lipinski definition) is 6. The lowest BCUT2D eigenvalue weighted by atomic mass is 9.79. The first-order chi connectivity index (χ1) is 23.0. The standard InChI is InChI=1S/C38H38F4N2O4/c1-3-24-17-33-32(20-35(24)46-12-9-23-13-29-19-30(14-23)48-29)43-21-34(44-33)27-8-7-26(31(39)16-27)15-28(45)6-4-5-25-18-36(47-22(25)2)37(10-11-37)38(40,41)42/h4,6-8,16-18,20-21,23,29-30H,3,5,9-15,19H2,1-2H3. The van der Waals surface area contributed by atoms with Gasteiger partial charge in [-0.2, -0.15) is 13.2 Å². The second-order valence-corrected chi connectivity index (χ2v) is 13.5. The van der Waals surface area contributed by atoms with Gasteiger partial charge in [0.25, 0.3) is 0 Å². The van der Waals surface area contributed by atoms with Crippen LogP contribution >= 0.6 is 0 Å². The number of ether oxygens (including phenoxy) is 2. The summed E-state index contributed by atoms with van der Waals surface area (Å²) < 4.78 is 73.0. The fraction of sp³-hybridized carbons (Fsp3) is 0.447. The summed E-state index contributed by atoms with van der Waals surface area (Å²) in [5.74, 6) is 0.932. The summed E-state index contributed by atoms with van der Waals surface area (Å²) in [6.07, 6.45) is 6.37. The molecule has 2 unspecified atom stereocenters. The van der Waals surface area contributed by atoms with Crippen molar-refractivity contribution in [3.05, 3.63) is 88.8 Å². The van der Waals surface area contributed by atoms with E-state index in [4.69, 9.17) is 18.9 Å². The Bertz CT molecular complexity index is 1860. The topological polar surface area (TPSA) is 74.5 Å². The van der Waals surface area contributed by atoms with Gasteiger partial charge in [-0.25, -0.2) is 9.37 Å². The van der Waals surface area contributed by atoms with Gasteiger partial charge in [0.2, 0.25) is 0 Å². The molecule has 2 atom stereocenters. The van der Waals surface area contributed by atoms with Crippen LogP contribution in [0.2, 0.25) is 0 Å². The van der Waals surface area contributed by atoms with Crippen LogP contribution in [0.4, 0.5) is 17.6 Å². The molecule has 8 rings (SSSR count). The fourth-order valence-corrected chi connectivity index (χ4v) is 7.07. The average Bonchev–Trinajstić information content (AvgIpc) is 3.79. The van der Waals surface area contributed by atoms with Crippen LogP contribution < -0.4 is 4.74 Å². The zero-order valence-corrected chi connectivity index (χ0v) is 27.0. The molecule has 0 N–H and O–H groups in total. The van der Waals surface area contributed by atoms with E-state index in [9.17, 15) is 18.0 Å². The minimum absolute atomic E-state index is 0.0170. The first-order valence-electron chi connectivity index (χ1n) is 16.7. The molecule has 4 heterocycles. The molecule has 4 fully saturated rings. The predicted molar refractivity (Wildman–Crippen MR) is 172 cm³/mol. The van der Waals surface area contributed by atoms with Crippen molar-refractivity contribution in [2.24, 2.45) is 5.92 Å². The highest BCUT2D eigenvalue weighted by Crippen LogP contribution is 2.59. The van der Waals surface area contributed by atoms with Crippen molar-refractivity contribution < 1.29 is 36.2 Å². The number of hydrogen-bond donors (Lipinski definition) is 0. The van der Waals surface area contributed by atoms with Crippen LogP contribution in [0.1, 0.15) is 73.7 Å². The van der Waals surface area contributed by atoms with E-state index in [1.165, 1.54) is 24.6 Å². The van der Waals surface area contributed by atoms with Crippen molar-refractivity contribution in [2.75, 3.05) is 6.61 Å². The Labute approximate surface area is 276 Å². The summed E-state index contributed by atoms with van der Waals surface area (Å²) in [5, 5.41) is 0. The third-order valence-corrected chi connectivity index (χ3v) is 10.1. The van der Waals surface area contributed by atoms with Crippen molar-refractivity contribution in [2.45, 2.75) is 95.4 Å². The van der Waals surface area contributed by atoms with Gasteiger partial charge in [-0.3, -0.25) is 9.78 Å². The Hall–Kier alpha value is -4.05. The number of nitrogens with zero attached hydrogens (tertiary/aromatic N) is 2. The van der Waals surface area contributed by atoms with Crippen LogP contribution in [0.5, 0.6) is 5.75 Å². The van der Waals surface area contributed by atoms with Crippen LogP contribution in [0.3, 0.4) is 0 Å². The Morgan fingerprint density at radius 2 is 1.81 bits per heavy atom. The van der Waals surface area contributed by atoms with Gasteiger partial charge in [-0.15, -0.1) is 0 Å². The van der Waals surface area contributed by atoms with Gasteiger partial charge in [0.05, 0.1) is 41.7 Å². The molecule has 6 nitrogen and oxygen atoms in total. The lowest BCUT2D eigenvalue weighted by molar-refractivity contribution is -0.174. The van der Waals surface area contributed by atoms with Crippen molar-refractivity contribution in [1.82, 2.24) is 9.97 Å². The number of allylic oxidation sites excluding steroid dienone is 2. The van der Waals surface area contributed by atoms with Gasteiger partial charge < -0.3 is 13.9 Å². The number of halogens is 4. The summed E-state index contributed by atoms with van der Waals surface area (Å²) in [4.78, 5) is 22.0. The van der Waals surface area contributed by atoms with Crippen LogP contribution in [0.25, 0.3) is 22.3 Å². The number of aryl methyl sites for hydroxylation is 2. The molecule has 2 aliphatic carbocycles. The smallest absolute Gasteiger partial charge is 0.401 e. The number of alkyl halides is 3. The van der Waals surface area contributed by atoms with E-state index in [0.717, 1.165) is 37.0 Å². The monoisotopic (exact) mass is 662 g/mol. The maximum Gasteiger partial charge on any atom is 0.401 e. The van der Waals surface area contributed by atoms with Crippen LogP contribution in [-0.4, -0.2) is 40.7 Å². The molecule has 4 aromatic rings. The molecule has 2 aromatic carbocycles. The van der Waals surface area contributed by atoms with Gasteiger partial charge >= 0.3 is 6.18 Å². The van der Waals surface area contributed by atoms with E-state index in [1.807, 2.05) is 12.1 Å². The van der Waals surface area contributed by atoms with Gasteiger partial charge in [0.15, 0.2) is 5.78 Å². The van der Waals surface area contributed by atoms with Crippen molar-refractivity contribution >= 4 is 16.8 Å². The number of aromatic nitrogens is 2. The van der Waals surface area contributed by atoms with E-state index in [2.05, 4.69) is 11.9 Å². The van der Waals surface area contributed by atoms with E-state index < -0.39 is 17.4 Å². The molecule has 2 saturated carbocycles. The lowest BCUT2D eigenvalue weighted by Gasteiger charge is -2.45. The van der Waals surface area contributed by atoms with Crippen molar-refractivity contribution in [1.29, 1.82) is 0 Å². The van der Waals surface area contributed by atoms with Crippen LogP contribution in [0, 0.1) is 18.7 Å². The van der Waals surface area contributed by atoms with Crippen LogP contribution in [-0.2, 0) is 34.2 Å².